The molecule has 0 aliphatic carbocycles. The number of aliphatic imine (C=N–C) groups is 1. The van der Waals surface area contributed by atoms with Crippen molar-refractivity contribution in [2.75, 3.05) is 6.54 Å². The average Bonchev–Trinajstić information content (AvgIpc) is 2.85. The summed E-state index contributed by atoms with van der Waals surface area (Å²) in [6.45, 7) is 2.59. The van der Waals surface area contributed by atoms with Crippen LogP contribution in [0.1, 0.15) is 29.4 Å². The first-order chi connectivity index (χ1) is 10.1. The third-order valence-corrected chi connectivity index (χ3v) is 2.89. The van der Waals surface area contributed by atoms with Crippen molar-refractivity contribution in [3.05, 3.63) is 47.5 Å². The highest BCUT2D eigenvalue weighted by molar-refractivity contribution is 5.98. The molecular formula is C15H17FN4O. The van der Waals surface area contributed by atoms with E-state index >= 15 is 0 Å². The fraction of sp³-hybridized carbons (Fsp3) is 0.267. The smallest absolute Gasteiger partial charge is 0.271 e. The molecule has 0 saturated carbocycles. The van der Waals surface area contributed by atoms with Crippen LogP contribution in [0, 0.1) is 5.82 Å². The lowest BCUT2D eigenvalue weighted by Gasteiger charge is -2.04. The summed E-state index contributed by atoms with van der Waals surface area (Å²) < 4.78 is 14.3. The molecule has 0 bridgehead atoms. The fourth-order valence-electron chi connectivity index (χ4n) is 1.80. The van der Waals surface area contributed by atoms with Crippen LogP contribution in [0.15, 0.2) is 35.5 Å². The van der Waals surface area contributed by atoms with E-state index in [1.54, 1.807) is 25.4 Å². The zero-order valence-corrected chi connectivity index (χ0v) is 12.0. The van der Waals surface area contributed by atoms with Crippen LogP contribution >= 0.6 is 0 Å². The van der Waals surface area contributed by atoms with E-state index in [0.717, 1.165) is 12.0 Å². The highest BCUT2D eigenvalue weighted by Gasteiger charge is 2.15. The molecule has 0 aliphatic heterocycles. The van der Waals surface area contributed by atoms with Gasteiger partial charge in [-0.15, -0.1) is 0 Å². The van der Waals surface area contributed by atoms with E-state index in [2.05, 4.69) is 15.4 Å². The Morgan fingerprint density at radius 1 is 1.43 bits per heavy atom. The third-order valence-electron chi connectivity index (χ3n) is 2.89. The van der Waals surface area contributed by atoms with Crippen molar-refractivity contribution in [3.8, 4) is 0 Å². The maximum Gasteiger partial charge on any atom is 0.271 e. The van der Waals surface area contributed by atoms with Crippen molar-refractivity contribution in [3.63, 3.8) is 0 Å². The van der Waals surface area contributed by atoms with Gasteiger partial charge in [-0.05, 0) is 24.1 Å². The summed E-state index contributed by atoms with van der Waals surface area (Å²) in [7, 11) is 1.69. The van der Waals surface area contributed by atoms with E-state index in [4.69, 9.17) is 0 Å². The van der Waals surface area contributed by atoms with Crippen molar-refractivity contribution < 1.29 is 9.18 Å². The van der Waals surface area contributed by atoms with Gasteiger partial charge in [0.1, 0.15) is 11.5 Å². The molecule has 0 atom stereocenters. The number of halogens is 1. The Hall–Kier alpha value is -2.50. The van der Waals surface area contributed by atoms with Gasteiger partial charge in [0.25, 0.3) is 5.91 Å². The third kappa shape index (κ3) is 3.75. The van der Waals surface area contributed by atoms with Crippen molar-refractivity contribution in [2.24, 2.45) is 12.0 Å². The molecule has 5 nitrogen and oxygen atoms in total. The number of aromatic nitrogens is 2. The van der Waals surface area contributed by atoms with Crippen LogP contribution in [0.2, 0.25) is 0 Å². The Kier molecular flexibility index (Phi) is 4.81. The molecule has 0 radical (unpaired) electrons. The van der Waals surface area contributed by atoms with Gasteiger partial charge in [0.15, 0.2) is 5.69 Å². The lowest BCUT2D eigenvalue weighted by atomic mass is 10.2. The quantitative estimate of drug-likeness (QED) is 0.859. The number of hydrogen-bond donors (Lipinski definition) is 1. The van der Waals surface area contributed by atoms with E-state index in [1.807, 2.05) is 6.92 Å². The van der Waals surface area contributed by atoms with Gasteiger partial charge in [0.05, 0.1) is 6.20 Å². The molecular weight excluding hydrogens is 271 g/mol. The summed E-state index contributed by atoms with van der Waals surface area (Å²) in [6, 6.07) is 5.96. The van der Waals surface area contributed by atoms with Crippen LogP contribution in [0.25, 0.3) is 0 Å². The normalized spacial score (nSPS) is 11.0. The Balaban J connectivity index is 2.20. The monoisotopic (exact) mass is 288 g/mol. The SMILES string of the molecule is CCCNC(=O)c1c(N=Cc2ccc(F)cc2)cnn1C. The number of carbonyl (C=O) groups is 1. The van der Waals surface area contributed by atoms with Crippen molar-refractivity contribution in [2.45, 2.75) is 13.3 Å². The van der Waals surface area contributed by atoms with Crippen molar-refractivity contribution >= 4 is 17.8 Å². The molecule has 6 heteroatoms. The average molecular weight is 288 g/mol. The zero-order chi connectivity index (χ0) is 15.2. The van der Waals surface area contributed by atoms with Crippen LogP contribution < -0.4 is 5.32 Å². The number of nitrogens with one attached hydrogen (secondary N) is 1. The van der Waals surface area contributed by atoms with Gasteiger partial charge in [0, 0.05) is 19.8 Å². The van der Waals surface area contributed by atoms with Gasteiger partial charge in [-0.1, -0.05) is 19.1 Å². The van der Waals surface area contributed by atoms with E-state index in [0.29, 0.717) is 17.9 Å². The van der Waals surface area contributed by atoms with Crippen LogP contribution in [-0.2, 0) is 7.05 Å². The fourth-order valence-corrected chi connectivity index (χ4v) is 1.80. The summed E-state index contributed by atoms with van der Waals surface area (Å²) in [5, 5.41) is 6.85. The number of rotatable bonds is 5. The second-order valence-corrected chi connectivity index (χ2v) is 4.57. The first-order valence-corrected chi connectivity index (χ1v) is 6.71. The van der Waals surface area contributed by atoms with Gasteiger partial charge < -0.3 is 5.32 Å². The standard InChI is InChI=1S/C15H17FN4O/c1-3-8-17-15(21)14-13(10-19-20(14)2)18-9-11-4-6-12(16)7-5-11/h4-7,9-10H,3,8H2,1-2H3,(H,17,21). The number of hydrogen-bond acceptors (Lipinski definition) is 3. The molecule has 0 unspecified atom stereocenters. The summed E-state index contributed by atoms with van der Waals surface area (Å²) in [5.74, 6) is -0.503. The van der Waals surface area contributed by atoms with Crippen LogP contribution in [0.5, 0.6) is 0 Å². The summed E-state index contributed by atoms with van der Waals surface area (Å²) in [6.07, 6.45) is 3.96. The largest absolute Gasteiger partial charge is 0.351 e. The van der Waals surface area contributed by atoms with Gasteiger partial charge >= 0.3 is 0 Å². The summed E-state index contributed by atoms with van der Waals surface area (Å²) in [5.41, 5.74) is 1.64. The van der Waals surface area contributed by atoms with Gasteiger partial charge in [-0.3, -0.25) is 14.5 Å². The maximum atomic E-state index is 12.8. The molecule has 0 aliphatic rings. The van der Waals surface area contributed by atoms with Crippen molar-refractivity contribution in [1.29, 1.82) is 0 Å². The number of carbonyl (C=O) groups excluding carboxylic acids is 1. The Bertz CT molecular complexity index is 646. The first kappa shape index (κ1) is 14.9. The highest BCUT2D eigenvalue weighted by atomic mass is 19.1. The Morgan fingerprint density at radius 3 is 2.81 bits per heavy atom. The molecule has 1 aromatic heterocycles. The molecule has 21 heavy (non-hydrogen) atoms. The lowest BCUT2D eigenvalue weighted by Crippen LogP contribution is -2.26. The topological polar surface area (TPSA) is 59.3 Å². The number of aryl methyl sites for hydroxylation is 1. The molecule has 0 fully saturated rings. The van der Waals surface area contributed by atoms with Crippen LogP contribution in [-0.4, -0.2) is 28.4 Å². The predicted octanol–water partition coefficient (Wildman–Crippen LogP) is 2.45. The van der Waals surface area contributed by atoms with E-state index in [1.165, 1.54) is 23.0 Å². The van der Waals surface area contributed by atoms with Gasteiger partial charge in [-0.25, -0.2) is 4.39 Å². The summed E-state index contributed by atoms with van der Waals surface area (Å²) >= 11 is 0. The summed E-state index contributed by atoms with van der Waals surface area (Å²) in [4.78, 5) is 16.3. The number of benzene rings is 1. The molecule has 0 spiro atoms. The van der Waals surface area contributed by atoms with Gasteiger partial charge in [-0.2, -0.15) is 5.10 Å². The number of amides is 1. The Labute approximate surface area is 122 Å². The first-order valence-electron chi connectivity index (χ1n) is 6.71. The van der Waals surface area contributed by atoms with E-state index in [9.17, 15) is 9.18 Å². The number of nitrogens with zero attached hydrogens (tertiary/aromatic N) is 3. The van der Waals surface area contributed by atoms with E-state index in [-0.39, 0.29) is 11.7 Å². The van der Waals surface area contributed by atoms with Crippen LogP contribution in [0.4, 0.5) is 10.1 Å². The molecule has 2 rings (SSSR count). The molecule has 0 saturated heterocycles. The van der Waals surface area contributed by atoms with Crippen molar-refractivity contribution in [1.82, 2.24) is 15.1 Å². The second-order valence-electron chi connectivity index (χ2n) is 4.57. The molecule has 1 aromatic carbocycles. The predicted molar refractivity (Wildman–Crippen MR) is 79.5 cm³/mol. The highest BCUT2D eigenvalue weighted by Crippen LogP contribution is 2.17. The minimum absolute atomic E-state index is 0.205. The zero-order valence-electron chi connectivity index (χ0n) is 12.0. The molecule has 1 heterocycles. The van der Waals surface area contributed by atoms with E-state index < -0.39 is 0 Å². The lowest BCUT2D eigenvalue weighted by molar-refractivity contribution is 0.0945. The molecule has 1 N–H and O–H groups in total. The second kappa shape index (κ2) is 6.78. The minimum Gasteiger partial charge on any atom is -0.351 e. The van der Waals surface area contributed by atoms with Crippen LogP contribution in [0.3, 0.4) is 0 Å². The maximum absolute atomic E-state index is 12.8. The Morgan fingerprint density at radius 2 is 2.14 bits per heavy atom. The van der Waals surface area contributed by atoms with Gasteiger partial charge in [0.2, 0.25) is 0 Å². The molecule has 110 valence electrons. The minimum atomic E-state index is -0.298. The molecule has 1 amide bonds. The molecule has 2 aromatic rings.